The highest BCUT2D eigenvalue weighted by molar-refractivity contribution is 6.01. The lowest BCUT2D eigenvalue weighted by Gasteiger charge is -2.41. The smallest absolute Gasteiger partial charge is 0.230 e. The quantitative estimate of drug-likeness (QED) is 0.431. The largest absolute Gasteiger partial charge is 0.497 e. The van der Waals surface area contributed by atoms with E-state index >= 15 is 0 Å². The Morgan fingerprint density at radius 3 is 2.03 bits per heavy atom. The van der Waals surface area contributed by atoms with Crippen LogP contribution in [0.1, 0.15) is 24.4 Å². The maximum Gasteiger partial charge on any atom is 0.230 e. The number of hydrogen-bond donors (Lipinski definition) is 1. The molecule has 4 rings (SSSR count). The molecule has 38 heavy (non-hydrogen) atoms. The van der Waals surface area contributed by atoms with Crippen LogP contribution in [0.3, 0.4) is 0 Å². The highest BCUT2D eigenvalue weighted by atomic mass is 16.5. The predicted octanol–water partition coefficient (Wildman–Crippen LogP) is 4.85. The van der Waals surface area contributed by atoms with Gasteiger partial charge in [-0.05, 0) is 36.2 Å². The summed E-state index contributed by atoms with van der Waals surface area (Å²) in [4.78, 5) is 28.9. The van der Waals surface area contributed by atoms with E-state index in [0.717, 1.165) is 5.56 Å². The Morgan fingerprint density at radius 1 is 0.816 bits per heavy atom. The molecule has 2 atom stereocenters. The molecule has 0 radical (unpaired) electrons. The van der Waals surface area contributed by atoms with E-state index in [1.165, 1.54) is 21.3 Å². The van der Waals surface area contributed by atoms with E-state index in [-0.39, 0.29) is 18.2 Å². The monoisotopic (exact) mass is 520 g/mol. The zero-order valence-electron chi connectivity index (χ0n) is 22.1. The fourth-order valence-corrected chi connectivity index (χ4v) is 4.83. The zero-order chi connectivity index (χ0) is 27.2. The second-order valence-electron chi connectivity index (χ2n) is 8.70. The van der Waals surface area contributed by atoms with Crippen molar-refractivity contribution in [3.05, 3.63) is 66.2 Å². The molecule has 0 aromatic heterocycles. The molecule has 0 spiro atoms. The number of anilines is 2. The summed E-state index contributed by atoms with van der Waals surface area (Å²) >= 11 is 0. The molecule has 1 saturated heterocycles. The summed E-state index contributed by atoms with van der Waals surface area (Å²) in [6.45, 7) is 0. The van der Waals surface area contributed by atoms with Gasteiger partial charge in [0.15, 0.2) is 11.5 Å². The van der Waals surface area contributed by atoms with Crippen molar-refractivity contribution >= 4 is 23.2 Å². The van der Waals surface area contributed by atoms with Gasteiger partial charge in [-0.15, -0.1) is 0 Å². The van der Waals surface area contributed by atoms with Gasteiger partial charge in [-0.3, -0.25) is 9.59 Å². The Morgan fingerprint density at radius 2 is 1.45 bits per heavy atom. The summed E-state index contributed by atoms with van der Waals surface area (Å²) in [6.07, 6.45) is 0.560. The molecule has 1 N–H and O–H groups in total. The molecule has 3 aromatic rings. The minimum atomic E-state index is -0.611. The van der Waals surface area contributed by atoms with Crippen molar-refractivity contribution in [1.82, 2.24) is 0 Å². The van der Waals surface area contributed by atoms with Crippen LogP contribution in [0.5, 0.6) is 28.7 Å². The maximum atomic E-state index is 13.8. The van der Waals surface area contributed by atoms with Gasteiger partial charge in [0.1, 0.15) is 11.5 Å². The maximum absolute atomic E-state index is 13.8. The summed E-state index contributed by atoms with van der Waals surface area (Å²) in [6, 6.07) is 17.4. The molecule has 1 aliphatic heterocycles. The van der Waals surface area contributed by atoms with Crippen LogP contribution in [0, 0.1) is 5.92 Å². The van der Waals surface area contributed by atoms with Crippen LogP contribution in [-0.4, -0.2) is 47.4 Å². The number of piperidine rings is 1. The lowest BCUT2D eigenvalue weighted by Crippen LogP contribution is -2.47. The van der Waals surface area contributed by atoms with E-state index in [2.05, 4.69) is 5.32 Å². The Hall–Kier alpha value is -4.40. The predicted molar refractivity (Wildman–Crippen MR) is 144 cm³/mol. The van der Waals surface area contributed by atoms with Crippen LogP contribution >= 0.6 is 0 Å². The topological polar surface area (TPSA) is 95.6 Å². The third kappa shape index (κ3) is 5.18. The molecule has 9 heteroatoms. The van der Waals surface area contributed by atoms with E-state index in [1.807, 2.05) is 36.4 Å². The van der Waals surface area contributed by atoms with E-state index < -0.39 is 12.0 Å². The number of methoxy groups -OCH3 is 5. The summed E-state index contributed by atoms with van der Waals surface area (Å²) in [5, 5.41) is 3.01. The number of ether oxygens (including phenoxy) is 5. The Kier molecular flexibility index (Phi) is 8.25. The van der Waals surface area contributed by atoms with Crippen molar-refractivity contribution in [2.24, 2.45) is 5.92 Å². The molecular weight excluding hydrogens is 488 g/mol. The molecule has 0 bridgehead atoms. The molecule has 2 amide bonds. The van der Waals surface area contributed by atoms with Crippen LogP contribution in [0.25, 0.3) is 0 Å². The van der Waals surface area contributed by atoms with Crippen molar-refractivity contribution in [3.8, 4) is 28.7 Å². The SMILES string of the molecule is COc1ccc([C@@H]2[C@H](C(=O)Nc3ccccc3OC)CCC(=O)N2c2cc(OC)c(OC)c(OC)c2)cc1. The third-order valence-electron chi connectivity index (χ3n) is 6.68. The lowest BCUT2D eigenvalue weighted by molar-refractivity contribution is -0.125. The van der Waals surface area contributed by atoms with Crippen LogP contribution in [-0.2, 0) is 9.59 Å². The third-order valence-corrected chi connectivity index (χ3v) is 6.68. The second-order valence-corrected chi connectivity index (χ2v) is 8.70. The molecule has 0 saturated carbocycles. The van der Waals surface area contributed by atoms with E-state index in [9.17, 15) is 9.59 Å². The Bertz CT molecular complexity index is 1270. The number of carbonyl (C=O) groups excluding carboxylic acids is 2. The van der Waals surface area contributed by atoms with Gasteiger partial charge < -0.3 is 33.9 Å². The molecule has 0 unspecified atom stereocenters. The summed E-state index contributed by atoms with van der Waals surface area (Å²) in [5.74, 6) is 1.54. The minimum Gasteiger partial charge on any atom is -0.497 e. The molecule has 1 fully saturated rings. The van der Waals surface area contributed by atoms with Crippen LogP contribution < -0.4 is 33.9 Å². The van der Waals surface area contributed by atoms with Gasteiger partial charge in [0.05, 0.1) is 58.9 Å². The molecular formula is C29H32N2O7. The fraction of sp³-hybridized carbons (Fsp3) is 0.310. The first-order chi connectivity index (χ1) is 18.4. The van der Waals surface area contributed by atoms with Crippen LogP contribution in [0.15, 0.2) is 60.7 Å². The molecule has 200 valence electrons. The van der Waals surface area contributed by atoms with Gasteiger partial charge in [0, 0.05) is 18.6 Å². The van der Waals surface area contributed by atoms with Gasteiger partial charge in [-0.25, -0.2) is 0 Å². The van der Waals surface area contributed by atoms with Crippen molar-refractivity contribution in [2.45, 2.75) is 18.9 Å². The number of benzene rings is 3. The van der Waals surface area contributed by atoms with E-state index in [4.69, 9.17) is 23.7 Å². The van der Waals surface area contributed by atoms with Crippen molar-refractivity contribution in [3.63, 3.8) is 0 Å². The number of nitrogens with one attached hydrogen (secondary N) is 1. The number of amides is 2. The van der Waals surface area contributed by atoms with Crippen molar-refractivity contribution in [1.29, 1.82) is 0 Å². The average molecular weight is 521 g/mol. The van der Waals surface area contributed by atoms with E-state index in [0.29, 0.717) is 46.5 Å². The van der Waals surface area contributed by atoms with Gasteiger partial charge in [-0.2, -0.15) is 0 Å². The van der Waals surface area contributed by atoms with Crippen LogP contribution in [0.2, 0.25) is 0 Å². The lowest BCUT2D eigenvalue weighted by atomic mass is 9.83. The van der Waals surface area contributed by atoms with Crippen molar-refractivity contribution < 1.29 is 33.3 Å². The molecule has 3 aromatic carbocycles. The highest BCUT2D eigenvalue weighted by Crippen LogP contribution is 2.46. The number of carbonyl (C=O) groups is 2. The molecule has 1 heterocycles. The first-order valence-corrected chi connectivity index (χ1v) is 12.2. The summed E-state index contributed by atoms with van der Waals surface area (Å²) < 4.78 is 27.3. The Labute approximate surface area is 222 Å². The standard InChI is InChI=1S/C29H32N2O7/c1-34-20-12-10-18(11-13-20)27-21(29(33)30-22-8-6-7-9-23(22)35-2)14-15-26(32)31(27)19-16-24(36-3)28(38-5)25(17-19)37-4/h6-13,16-17,21,27H,14-15H2,1-5H3,(H,30,33)/t21-,27-/m1/s1. The van der Waals surface area contributed by atoms with E-state index in [1.54, 1.807) is 43.4 Å². The fourth-order valence-electron chi connectivity index (χ4n) is 4.83. The summed E-state index contributed by atoms with van der Waals surface area (Å²) in [7, 11) is 7.69. The van der Waals surface area contributed by atoms with Crippen molar-refractivity contribution in [2.75, 3.05) is 45.8 Å². The first kappa shape index (κ1) is 26.7. The van der Waals surface area contributed by atoms with Crippen LogP contribution in [0.4, 0.5) is 11.4 Å². The molecule has 1 aliphatic rings. The average Bonchev–Trinajstić information content (AvgIpc) is 2.96. The molecule has 0 aliphatic carbocycles. The minimum absolute atomic E-state index is 0.124. The summed E-state index contributed by atoms with van der Waals surface area (Å²) in [5.41, 5.74) is 1.87. The normalized spacial score (nSPS) is 17.0. The van der Waals surface area contributed by atoms with Gasteiger partial charge >= 0.3 is 0 Å². The Balaban J connectivity index is 1.82. The number of nitrogens with zero attached hydrogens (tertiary/aromatic N) is 1. The number of rotatable bonds is 9. The second kappa shape index (κ2) is 11.8. The van der Waals surface area contributed by atoms with Gasteiger partial charge in [0.25, 0.3) is 0 Å². The first-order valence-electron chi connectivity index (χ1n) is 12.2. The van der Waals surface area contributed by atoms with Gasteiger partial charge in [0.2, 0.25) is 17.6 Å². The number of hydrogen-bond acceptors (Lipinski definition) is 7. The molecule has 9 nitrogen and oxygen atoms in total. The zero-order valence-corrected chi connectivity index (χ0v) is 22.1. The number of para-hydroxylation sites is 2. The van der Waals surface area contributed by atoms with Gasteiger partial charge in [-0.1, -0.05) is 24.3 Å². The highest BCUT2D eigenvalue weighted by Gasteiger charge is 2.42.